The van der Waals surface area contributed by atoms with Crippen LogP contribution in [0.5, 0.6) is 0 Å². The quantitative estimate of drug-likeness (QED) is 0.775. The highest BCUT2D eigenvalue weighted by atomic mass is 32.2. The minimum Gasteiger partial charge on any atom is -0.399 e. The van der Waals surface area contributed by atoms with Crippen LogP contribution < -0.4 is 11.1 Å². The fraction of sp³-hybridized carbons (Fsp3) is 0.364. The van der Waals surface area contributed by atoms with Gasteiger partial charge in [0.15, 0.2) is 0 Å². The number of halogens is 1. The molecule has 0 aliphatic rings. The Balaban J connectivity index is 2.55. The Morgan fingerprint density at radius 2 is 2.24 bits per heavy atom. The number of nitrogens with two attached hydrogens (primary N) is 1. The van der Waals surface area contributed by atoms with Crippen LogP contribution in [0.3, 0.4) is 0 Å². The van der Waals surface area contributed by atoms with Crippen LogP contribution in [0.4, 0.5) is 10.1 Å². The van der Waals surface area contributed by atoms with Crippen LogP contribution in [0.2, 0.25) is 0 Å². The van der Waals surface area contributed by atoms with Crippen LogP contribution in [0.1, 0.15) is 12.8 Å². The summed E-state index contributed by atoms with van der Waals surface area (Å²) in [6.45, 7) is 0. The Labute approximate surface area is 102 Å². The van der Waals surface area contributed by atoms with Crippen LogP contribution in [-0.4, -0.2) is 22.9 Å². The monoisotopic (exact) mass is 258 g/mol. The van der Waals surface area contributed by atoms with E-state index in [0.717, 1.165) is 6.07 Å². The smallest absolute Gasteiger partial charge is 0.219 e. The average molecular weight is 258 g/mol. The van der Waals surface area contributed by atoms with Gasteiger partial charge in [0.05, 0.1) is 15.7 Å². The van der Waals surface area contributed by atoms with Crippen molar-refractivity contribution in [1.82, 2.24) is 5.32 Å². The summed E-state index contributed by atoms with van der Waals surface area (Å²) in [6, 6.07) is 4.07. The molecule has 0 bridgehead atoms. The first-order chi connectivity index (χ1) is 8.04. The number of amides is 1. The van der Waals surface area contributed by atoms with E-state index >= 15 is 0 Å². The number of hydrogen-bond acceptors (Lipinski definition) is 3. The third-order valence-electron chi connectivity index (χ3n) is 2.21. The zero-order valence-electron chi connectivity index (χ0n) is 9.53. The van der Waals surface area contributed by atoms with Crippen LogP contribution in [0.15, 0.2) is 23.1 Å². The van der Waals surface area contributed by atoms with E-state index in [1.807, 2.05) is 0 Å². The van der Waals surface area contributed by atoms with Crippen LogP contribution in [0.25, 0.3) is 0 Å². The molecule has 6 heteroatoms. The molecule has 1 rings (SSSR count). The summed E-state index contributed by atoms with van der Waals surface area (Å²) in [6.07, 6.45) is 0.745. The number of nitrogen functional groups attached to an aromatic ring is 1. The summed E-state index contributed by atoms with van der Waals surface area (Å²) in [4.78, 5) is 11.1. The topological polar surface area (TPSA) is 72.2 Å². The second-order valence-corrected chi connectivity index (χ2v) is 5.06. The normalized spacial score (nSPS) is 12.1. The van der Waals surface area contributed by atoms with E-state index in [0.29, 0.717) is 18.5 Å². The summed E-state index contributed by atoms with van der Waals surface area (Å²) in [5.41, 5.74) is 5.69. The van der Waals surface area contributed by atoms with Gasteiger partial charge in [-0.3, -0.25) is 9.00 Å². The average Bonchev–Trinajstić information content (AvgIpc) is 2.28. The second kappa shape index (κ2) is 6.34. The number of carbonyl (C=O) groups excluding carboxylic acids is 1. The summed E-state index contributed by atoms with van der Waals surface area (Å²) >= 11 is 0. The molecule has 0 fully saturated rings. The van der Waals surface area contributed by atoms with Crippen LogP contribution in [0, 0.1) is 5.82 Å². The predicted molar refractivity (Wildman–Crippen MR) is 65.4 cm³/mol. The highest BCUT2D eigenvalue weighted by Gasteiger charge is 2.10. The van der Waals surface area contributed by atoms with E-state index in [2.05, 4.69) is 5.32 Å². The lowest BCUT2D eigenvalue weighted by Crippen LogP contribution is -2.18. The molecule has 4 nitrogen and oxygen atoms in total. The molecule has 94 valence electrons. The first-order valence-electron chi connectivity index (χ1n) is 5.18. The molecule has 1 aromatic carbocycles. The SMILES string of the molecule is CNC(=O)CCCS(=O)c1ccc(N)cc1F. The molecule has 1 amide bonds. The summed E-state index contributed by atoms with van der Waals surface area (Å²) < 4.78 is 25.1. The molecule has 1 atom stereocenters. The van der Waals surface area contributed by atoms with Crippen LogP contribution >= 0.6 is 0 Å². The molecular weight excluding hydrogens is 243 g/mol. The van der Waals surface area contributed by atoms with Gasteiger partial charge in [-0.1, -0.05) is 0 Å². The molecule has 1 unspecified atom stereocenters. The third-order valence-corrected chi connectivity index (χ3v) is 3.69. The van der Waals surface area contributed by atoms with Crippen molar-refractivity contribution < 1.29 is 13.4 Å². The molecule has 0 aliphatic heterocycles. The maximum atomic E-state index is 13.4. The molecule has 0 saturated carbocycles. The Bertz CT molecular complexity index is 437. The van der Waals surface area contributed by atoms with Gasteiger partial charge in [0.2, 0.25) is 5.91 Å². The minimum atomic E-state index is -1.43. The molecule has 0 radical (unpaired) electrons. The van der Waals surface area contributed by atoms with Gasteiger partial charge in [-0.15, -0.1) is 0 Å². The maximum Gasteiger partial charge on any atom is 0.219 e. The van der Waals surface area contributed by atoms with E-state index in [9.17, 15) is 13.4 Å². The summed E-state index contributed by atoms with van der Waals surface area (Å²) in [5, 5.41) is 2.47. The molecule has 3 N–H and O–H groups in total. The Morgan fingerprint density at radius 3 is 2.82 bits per heavy atom. The van der Waals surface area contributed by atoms with Crippen molar-refractivity contribution in [2.24, 2.45) is 0 Å². The molecule has 0 aromatic heterocycles. The lowest BCUT2D eigenvalue weighted by atomic mass is 10.3. The predicted octanol–water partition coefficient (Wildman–Crippen LogP) is 1.04. The fourth-order valence-corrected chi connectivity index (χ4v) is 2.42. The lowest BCUT2D eigenvalue weighted by molar-refractivity contribution is -0.120. The van der Waals surface area contributed by atoms with Gasteiger partial charge in [0, 0.05) is 24.9 Å². The van der Waals surface area contributed by atoms with Crippen molar-refractivity contribution in [2.45, 2.75) is 17.7 Å². The van der Waals surface area contributed by atoms with Gasteiger partial charge in [-0.05, 0) is 24.6 Å². The molecule has 17 heavy (non-hydrogen) atoms. The number of carbonyl (C=O) groups is 1. The van der Waals surface area contributed by atoms with Crippen molar-refractivity contribution in [3.8, 4) is 0 Å². The first kappa shape index (κ1) is 13.6. The van der Waals surface area contributed by atoms with Gasteiger partial charge < -0.3 is 11.1 Å². The van der Waals surface area contributed by atoms with Gasteiger partial charge >= 0.3 is 0 Å². The highest BCUT2D eigenvalue weighted by Crippen LogP contribution is 2.16. The summed E-state index contributed by atoms with van der Waals surface area (Å²) in [5.74, 6) is -0.420. The second-order valence-electron chi connectivity index (χ2n) is 3.52. The fourth-order valence-electron chi connectivity index (χ4n) is 1.30. The van der Waals surface area contributed by atoms with E-state index < -0.39 is 16.6 Å². The number of anilines is 1. The zero-order chi connectivity index (χ0) is 12.8. The van der Waals surface area contributed by atoms with E-state index in [1.165, 1.54) is 12.1 Å². The number of benzene rings is 1. The van der Waals surface area contributed by atoms with Crippen molar-refractivity contribution in [3.05, 3.63) is 24.0 Å². The van der Waals surface area contributed by atoms with Crippen molar-refractivity contribution in [1.29, 1.82) is 0 Å². The van der Waals surface area contributed by atoms with Gasteiger partial charge in [0.1, 0.15) is 5.82 Å². The van der Waals surface area contributed by atoms with Crippen molar-refractivity contribution in [2.75, 3.05) is 18.5 Å². The number of rotatable bonds is 5. The van der Waals surface area contributed by atoms with Gasteiger partial charge in [0.25, 0.3) is 0 Å². The van der Waals surface area contributed by atoms with E-state index in [-0.39, 0.29) is 16.6 Å². The van der Waals surface area contributed by atoms with E-state index in [4.69, 9.17) is 5.73 Å². The highest BCUT2D eigenvalue weighted by molar-refractivity contribution is 7.85. The molecule has 0 saturated heterocycles. The number of nitrogens with one attached hydrogen (secondary N) is 1. The minimum absolute atomic E-state index is 0.111. The Hall–Kier alpha value is -1.43. The van der Waals surface area contributed by atoms with Crippen molar-refractivity contribution >= 4 is 22.4 Å². The molecule has 0 heterocycles. The Morgan fingerprint density at radius 1 is 1.53 bits per heavy atom. The molecule has 1 aromatic rings. The largest absolute Gasteiger partial charge is 0.399 e. The lowest BCUT2D eigenvalue weighted by Gasteiger charge is -2.04. The molecular formula is C11H15FN2O2S. The third kappa shape index (κ3) is 4.14. The standard InChI is InChI=1S/C11H15FN2O2S/c1-14-11(15)3-2-6-17(16)10-5-4-8(13)7-9(10)12/h4-5,7H,2-3,6,13H2,1H3,(H,14,15). The van der Waals surface area contributed by atoms with Crippen molar-refractivity contribution in [3.63, 3.8) is 0 Å². The number of hydrogen-bond donors (Lipinski definition) is 2. The van der Waals surface area contributed by atoms with Gasteiger partial charge in [-0.2, -0.15) is 0 Å². The van der Waals surface area contributed by atoms with Crippen LogP contribution in [-0.2, 0) is 15.6 Å². The molecule has 0 spiro atoms. The summed E-state index contributed by atoms with van der Waals surface area (Å²) in [7, 11) is 0.108. The Kier molecular flexibility index (Phi) is 5.09. The first-order valence-corrected chi connectivity index (χ1v) is 6.50. The molecule has 0 aliphatic carbocycles. The van der Waals surface area contributed by atoms with Gasteiger partial charge in [-0.25, -0.2) is 4.39 Å². The zero-order valence-corrected chi connectivity index (χ0v) is 10.3. The van der Waals surface area contributed by atoms with E-state index in [1.54, 1.807) is 7.05 Å². The maximum absolute atomic E-state index is 13.4.